The van der Waals surface area contributed by atoms with Gasteiger partial charge < -0.3 is 10.0 Å². The fraction of sp³-hybridized carbons (Fsp3) is 0.353. The number of nitrogens with zero attached hydrogens (tertiary/aromatic N) is 3. The van der Waals surface area contributed by atoms with Crippen LogP contribution in [0.2, 0.25) is 0 Å². The summed E-state index contributed by atoms with van der Waals surface area (Å²) in [6, 6.07) is 9.10. The Morgan fingerprint density at radius 1 is 1.26 bits per heavy atom. The third-order valence-corrected chi connectivity index (χ3v) is 4.02. The van der Waals surface area contributed by atoms with Gasteiger partial charge in [-0.15, -0.1) is 0 Å². The van der Waals surface area contributed by atoms with Crippen LogP contribution in [-0.4, -0.2) is 33.3 Å². The Morgan fingerprint density at radius 2 is 2.00 bits per heavy atom. The first-order valence-corrected chi connectivity index (χ1v) is 7.71. The number of rotatable bonds is 3. The molecule has 6 heteroatoms. The number of amides is 1. The molecule has 1 aliphatic heterocycles. The molecule has 6 nitrogen and oxygen atoms in total. The number of anilines is 1. The first-order chi connectivity index (χ1) is 11.0. The summed E-state index contributed by atoms with van der Waals surface area (Å²) in [7, 11) is 0. The highest BCUT2D eigenvalue weighted by Gasteiger charge is 2.28. The Hall–Kier alpha value is -2.63. The van der Waals surface area contributed by atoms with Crippen molar-refractivity contribution in [2.75, 3.05) is 11.4 Å². The van der Waals surface area contributed by atoms with Crippen LogP contribution < -0.4 is 4.90 Å². The molecule has 0 aliphatic carbocycles. The third-order valence-electron chi connectivity index (χ3n) is 4.02. The molecule has 0 fully saturated rings. The van der Waals surface area contributed by atoms with Crippen molar-refractivity contribution in [1.82, 2.24) is 9.78 Å². The predicted molar refractivity (Wildman–Crippen MR) is 86.0 cm³/mol. The Morgan fingerprint density at radius 3 is 2.70 bits per heavy atom. The van der Waals surface area contributed by atoms with Gasteiger partial charge in [-0.25, -0.2) is 4.79 Å². The van der Waals surface area contributed by atoms with Crippen LogP contribution in [-0.2, 0) is 6.42 Å². The summed E-state index contributed by atoms with van der Waals surface area (Å²) >= 11 is 0. The molecule has 1 aromatic carbocycles. The van der Waals surface area contributed by atoms with Gasteiger partial charge in [0, 0.05) is 24.3 Å². The Balaban J connectivity index is 2.03. The Labute approximate surface area is 134 Å². The van der Waals surface area contributed by atoms with E-state index in [9.17, 15) is 9.59 Å². The lowest BCUT2D eigenvalue weighted by atomic mass is 10.0. The summed E-state index contributed by atoms with van der Waals surface area (Å²) in [5, 5.41) is 13.2. The maximum absolute atomic E-state index is 13.0. The molecule has 1 amide bonds. The molecule has 23 heavy (non-hydrogen) atoms. The molecule has 3 rings (SSSR count). The van der Waals surface area contributed by atoms with Gasteiger partial charge in [-0.2, -0.15) is 5.10 Å². The molecule has 0 bridgehead atoms. The summed E-state index contributed by atoms with van der Waals surface area (Å²) in [6.07, 6.45) is 1.84. The summed E-state index contributed by atoms with van der Waals surface area (Å²) in [4.78, 5) is 25.9. The topological polar surface area (TPSA) is 75.4 Å². The largest absolute Gasteiger partial charge is 0.476 e. The fourth-order valence-corrected chi connectivity index (χ4v) is 2.94. The number of benzene rings is 1. The number of para-hydroxylation sites is 1. The number of carbonyl (C=O) groups excluding carboxylic acids is 1. The van der Waals surface area contributed by atoms with Gasteiger partial charge in [0.15, 0.2) is 5.69 Å². The number of aryl methyl sites for hydroxylation is 1. The van der Waals surface area contributed by atoms with E-state index in [1.165, 1.54) is 10.7 Å². The normalized spacial score (nSPS) is 14.0. The average Bonchev–Trinajstić information content (AvgIpc) is 2.99. The van der Waals surface area contributed by atoms with Crippen molar-refractivity contribution >= 4 is 17.6 Å². The SMILES string of the molecule is CC(C)n1nc(C(=O)O)cc1C(=O)N1CCCc2ccccc21. The van der Waals surface area contributed by atoms with Crippen LogP contribution >= 0.6 is 0 Å². The molecule has 1 aliphatic rings. The summed E-state index contributed by atoms with van der Waals surface area (Å²) < 4.78 is 1.49. The van der Waals surface area contributed by atoms with Crippen molar-refractivity contribution < 1.29 is 14.7 Å². The first-order valence-electron chi connectivity index (χ1n) is 7.71. The lowest BCUT2D eigenvalue weighted by molar-refractivity contribution is 0.0689. The number of hydrogen-bond donors (Lipinski definition) is 1. The van der Waals surface area contributed by atoms with Crippen molar-refractivity contribution in [3.05, 3.63) is 47.3 Å². The van der Waals surface area contributed by atoms with Gasteiger partial charge in [-0.1, -0.05) is 18.2 Å². The zero-order chi connectivity index (χ0) is 16.6. The van der Waals surface area contributed by atoms with Crippen molar-refractivity contribution in [3.8, 4) is 0 Å². The number of carbonyl (C=O) groups is 2. The van der Waals surface area contributed by atoms with Crippen LogP contribution in [0.5, 0.6) is 0 Å². The number of hydrogen-bond acceptors (Lipinski definition) is 3. The van der Waals surface area contributed by atoms with E-state index in [1.54, 1.807) is 4.90 Å². The van der Waals surface area contributed by atoms with E-state index in [2.05, 4.69) is 5.10 Å². The maximum atomic E-state index is 13.0. The highest BCUT2D eigenvalue weighted by atomic mass is 16.4. The molecular formula is C17H19N3O3. The van der Waals surface area contributed by atoms with Crippen LogP contribution in [0.3, 0.4) is 0 Å². The number of aromatic nitrogens is 2. The summed E-state index contributed by atoms with van der Waals surface area (Å²) in [5.74, 6) is -1.33. The Kier molecular flexibility index (Phi) is 3.90. The second-order valence-electron chi connectivity index (χ2n) is 5.95. The number of carboxylic acid groups (broad SMARTS) is 1. The van der Waals surface area contributed by atoms with Crippen molar-refractivity contribution in [2.45, 2.75) is 32.7 Å². The molecule has 1 aromatic heterocycles. The van der Waals surface area contributed by atoms with Crippen LogP contribution in [0.15, 0.2) is 30.3 Å². The lowest BCUT2D eigenvalue weighted by Gasteiger charge is -2.29. The van der Waals surface area contributed by atoms with Gasteiger partial charge in [0.1, 0.15) is 5.69 Å². The van der Waals surface area contributed by atoms with E-state index in [0.717, 1.165) is 24.1 Å². The second kappa shape index (κ2) is 5.87. The van der Waals surface area contributed by atoms with Gasteiger partial charge in [0.2, 0.25) is 0 Å². The minimum Gasteiger partial charge on any atom is -0.476 e. The van der Waals surface area contributed by atoms with E-state index in [4.69, 9.17) is 5.11 Å². The predicted octanol–water partition coefficient (Wildman–Crippen LogP) is 2.76. The van der Waals surface area contributed by atoms with E-state index in [0.29, 0.717) is 12.2 Å². The molecular weight excluding hydrogens is 294 g/mol. The van der Waals surface area contributed by atoms with Crippen LogP contribution in [0, 0.1) is 0 Å². The zero-order valence-corrected chi connectivity index (χ0v) is 13.2. The number of carboxylic acids is 1. The molecule has 0 unspecified atom stereocenters. The maximum Gasteiger partial charge on any atom is 0.356 e. The Bertz CT molecular complexity index is 764. The van der Waals surface area contributed by atoms with E-state index in [1.807, 2.05) is 38.1 Å². The summed E-state index contributed by atoms with van der Waals surface area (Å²) in [5.41, 5.74) is 2.25. The fourth-order valence-electron chi connectivity index (χ4n) is 2.94. The summed E-state index contributed by atoms with van der Waals surface area (Å²) in [6.45, 7) is 4.38. The molecule has 1 N–H and O–H groups in total. The molecule has 0 saturated carbocycles. The van der Waals surface area contributed by atoms with Gasteiger partial charge >= 0.3 is 5.97 Å². The van der Waals surface area contributed by atoms with Crippen LogP contribution in [0.4, 0.5) is 5.69 Å². The zero-order valence-electron chi connectivity index (χ0n) is 13.2. The molecule has 2 aromatic rings. The monoisotopic (exact) mass is 313 g/mol. The standard InChI is InChI=1S/C17H19N3O3/c1-11(2)20-15(10-13(18-20)17(22)23)16(21)19-9-5-7-12-6-3-4-8-14(12)19/h3-4,6,8,10-11H,5,7,9H2,1-2H3,(H,22,23). The van der Waals surface area contributed by atoms with Gasteiger partial charge in [0.05, 0.1) is 0 Å². The average molecular weight is 313 g/mol. The highest BCUT2D eigenvalue weighted by Crippen LogP contribution is 2.28. The van der Waals surface area contributed by atoms with Crippen molar-refractivity contribution in [1.29, 1.82) is 0 Å². The quantitative estimate of drug-likeness (QED) is 0.945. The highest BCUT2D eigenvalue weighted by molar-refractivity contribution is 6.06. The van der Waals surface area contributed by atoms with Gasteiger partial charge in [-0.05, 0) is 38.3 Å². The second-order valence-corrected chi connectivity index (χ2v) is 5.95. The molecule has 0 spiro atoms. The minimum absolute atomic E-state index is 0.0953. The lowest BCUT2D eigenvalue weighted by Crippen LogP contribution is -2.36. The third kappa shape index (κ3) is 2.72. The molecule has 120 valence electrons. The van der Waals surface area contributed by atoms with Gasteiger partial charge in [0.25, 0.3) is 5.91 Å². The number of fused-ring (bicyclic) bond motifs is 1. The van der Waals surface area contributed by atoms with Crippen LogP contribution in [0.25, 0.3) is 0 Å². The molecule has 0 saturated heterocycles. The van der Waals surface area contributed by atoms with E-state index < -0.39 is 5.97 Å². The van der Waals surface area contributed by atoms with E-state index in [-0.39, 0.29) is 17.6 Å². The van der Waals surface area contributed by atoms with Gasteiger partial charge in [-0.3, -0.25) is 9.48 Å². The van der Waals surface area contributed by atoms with Crippen LogP contribution in [0.1, 0.15) is 52.9 Å². The molecule has 0 atom stereocenters. The minimum atomic E-state index is -1.13. The van der Waals surface area contributed by atoms with Crippen molar-refractivity contribution in [3.63, 3.8) is 0 Å². The van der Waals surface area contributed by atoms with Crippen molar-refractivity contribution in [2.24, 2.45) is 0 Å². The molecule has 0 radical (unpaired) electrons. The first kappa shape index (κ1) is 15.3. The van der Waals surface area contributed by atoms with E-state index >= 15 is 0 Å². The smallest absolute Gasteiger partial charge is 0.356 e. The number of aromatic carboxylic acids is 1. The molecule has 2 heterocycles.